The van der Waals surface area contributed by atoms with E-state index in [1.165, 1.54) is 27.2 Å². The molecule has 1 aliphatic heterocycles. The number of nitriles is 2. The van der Waals surface area contributed by atoms with E-state index < -0.39 is 5.92 Å². The van der Waals surface area contributed by atoms with E-state index in [1.54, 1.807) is 11.3 Å². The van der Waals surface area contributed by atoms with Gasteiger partial charge in [-0.1, -0.05) is 0 Å². The standard InChI is InChI=1S/C20H14N4OS3/c1-10-3-5-12(26-10)7-16-19(25)24-18(23)13(8-21)17(14(9-22)20(24)28-16)15-6-4-11(2)27-15/h3-7,17H,23H2,1-2H3/b16-7+. The Bertz CT molecular complexity index is 1400. The summed E-state index contributed by atoms with van der Waals surface area (Å²) in [5.41, 5.74) is 6.59. The first-order chi connectivity index (χ1) is 13.4. The molecule has 0 radical (unpaired) electrons. The quantitative estimate of drug-likeness (QED) is 0.687. The summed E-state index contributed by atoms with van der Waals surface area (Å²) >= 11 is 4.35. The van der Waals surface area contributed by atoms with Crippen molar-refractivity contribution in [2.24, 2.45) is 5.73 Å². The highest BCUT2D eigenvalue weighted by molar-refractivity contribution is 7.13. The maximum atomic E-state index is 13.0. The normalized spacial score (nSPS) is 16.8. The van der Waals surface area contributed by atoms with Gasteiger partial charge in [0.15, 0.2) is 0 Å². The number of rotatable bonds is 2. The summed E-state index contributed by atoms with van der Waals surface area (Å²) < 4.78 is 2.30. The molecule has 28 heavy (non-hydrogen) atoms. The number of nitrogens with two attached hydrogens (primary N) is 1. The molecule has 0 saturated heterocycles. The highest BCUT2D eigenvalue weighted by atomic mass is 32.1. The van der Waals surface area contributed by atoms with Gasteiger partial charge in [-0.05, 0) is 44.2 Å². The third-order valence-electron chi connectivity index (χ3n) is 4.47. The van der Waals surface area contributed by atoms with Crippen LogP contribution >= 0.6 is 34.0 Å². The molecule has 0 fully saturated rings. The van der Waals surface area contributed by atoms with Gasteiger partial charge in [-0.25, -0.2) is 0 Å². The Labute approximate surface area is 172 Å². The zero-order valence-corrected chi connectivity index (χ0v) is 17.5. The summed E-state index contributed by atoms with van der Waals surface area (Å²) in [5, 5.41) is 19.6. The van der Waals surface area contributed by atoms with Gasteiger partial charge in [-0.2, -0.15) is 10.5 Å². The number of thiazole rings is 1. The highest BCUT2D eigenvalue weighted by Crippen LogP contribution is 2.38. The molecule has 0 spiro atoms. The van der Waals surface area contributed by atoms with Crippen molar-refractivity contribution in [2.45, 2.75) is 19.8 Å². The van der Waals surface area contributed by atoms with Crippen LogP contribution in [-0.4, -0.2) is 4.57 Å². The van der Waals surface area contributed by atoms with Crippen LogP contribution in [0.25, 0.3) is 17.5 Å². The van der Waals surface area contributed by atoms with Gasteiger partial charge in [0.05, 0.1) is 33.7 Å². The van der Waals surface area contributed by atoms with Crippen LogP contribution in [0.5, 0.6) is 0 Å². The van der Waals surface area contributed by atoms with E-state index in [9.17, 15) is 15.3 Å². The Hall–Kier alpha value is -2.91. The van der Waals surface area contributed by atoms with Crippen LogP contribution in [0.3, 0.4) is 0 Å². The van der Waals surface area contributed by atoms with E-state index in [1.807, 2.05) is 44.2 Å². The fraction of sp³-hybridized carbons (Fsp3) is 0.150. The smallest absolute Gasteiger partial charge is 0.274 e. The second kappa shape index (κ2) is 6.92. The predicted molar refractivity (Wildman–Crippen MR) is 114 cm³/mol. The van der Waals surface area contributed by atoms with Gasteiger partial charge in [0, 0.05) is 19.5 Å². The van der Waals surface area contributed by atoms with Crippen LogP contribution in [0.1, 0.15) is 25.4 Å². The fourth-order valence-electron chi connectivity index (χ4n) is 3.20. The van der Waals surface area contributed by atoms with Crippen molar-refractivity contribution in [1.29, 1.82) is 10.5 Å². The maximum Gasteiger partial charge on any atom is 0.274 e. The molecular weight excluding hydrogens is 408 g/mol. The maximum absolute atomic E-state index is 13.0. The summed E-state index contributed by atoms with van der Waals surface area (Å²) in [6.07, 6.45) is 1.81. The Morgan fingerprint density at radius 3 is 2.29 bits per heavy atom. The molecule has 0 aliphatic carbocycles. The Balaban J connectivity index is 2.07. The van der Waals surface area contributed by atoms with E-state index in [0.29, 0.717) is 14.8 Å². The zero-order chi connectivity index (χ0) is 20.0. The van der Waals surface area contributed by atoms with Crippen molar-refractivity contribution < 1.29 is 0 Å². The van der Waals surface area contributed by atoms with Gasteiger partial charge < -0.3 is 5.73 Å². The average Bonchev–Trinajstić information content (AvgIpc) is 3.35. The van der Waals surface area contributed by atoms with E-state index >= 15 is 0 Å². The van der Waals surface area contributed by atoms with Crippen molar-refractivity contribution in [3.05, 3.63) is 68.9 Å². The molecule has 138 valence electrons. The molecule has 3 aromatic heterocycles. The third-order valence-corrected chi connectivity index (χ3v) is 7.59. The molecule has 4 heterocycles. The van der Waals surface area contributed by atoms with Gasteiger partial charge in [0.25, 0.3) is 5.56 Å². The number of thiophene rings is 2. The molecule has 1 atom stereocenters. The van der Waals surface area contributed by atoms with Crippen molar-refractivity contribution in [2.75, 3.05) is 0 Å². The Morgan fingerprint density at radius 2 is 1.71 bits per heavy atom. The lowest BCUT2D eigenvalue weighted by atomic mass is 9.89. The van der Waals surface area contributed by atoms with Crippen molar-refractivity contribution in [3.8, 4) is 12.1 Å². The summed E-state index contributed by atoms with van der Waals surface area (Å²) in [7, 11) is 0. The van der Waals surface area contributed by atoms with E-state index in [0.717, 1.165) is 19.5 Å². The molecular formula is C20H14N4OS3. The molecule has 8 heteroatoms. The lowest BCUT2D eigenvalue weighted by Crippen LogP contribution is -2.38. The second-order valence-corrected chi connectivity index (χ2v) is 9.99. The molecule has 0 bridgehead atoms. The average molecular weight is 423 g/mol. The lowest BCUT2D eigenvalue weighted by molar-refractivity contribution is 0.914. The molecule has 0 saturated carbocycles. The topological polar surface area (TPSA) is 95.6 Å². The molecule has 3 aromatic rings. The van der Waals surface area contributed by atoms with E-state index in [4.69, 9.17) is 5.73 Å². The van der Waals surface area contributed by atoms with Crippen molar-refractivity contribution >= 4 is 51.5 Å². The van der Waals surface area contributed by atoms with Crippen LogP contribution in [0, 0.1) is 36.5 Å². The summed E-state index contributed by atoms with van der Waals surface area (Å²) in [6.45, 7) is 3.97. The van der Waals surface area contributed by atoms with Gasteiger partial charge in [0.2, 0.25) is 0 Å². The summed E-state index contributed by atoms with van der Waals surface area (Å²) in [6, 6.07) is 12.2. The van der Waals surface area contributed by atoms with Crippen molar-refractivity contribution in [1.82, 2.24) is 4.57 Å². The van der Waals surface area contributed by atoms with Gasteiger partial charge >= 0.3 is 0 Å². The van der Waals surface area contributed by atoms with Crippen LogP contribution in [0.4, 0.5) is 0 Å². The molecule has 1 unspecified atom stereocenters. The van der Waals surface area contributed by atoms with Gasteiger partial charge in [-0.15, -0.1) is 34.0 Å². The monoisotopic (exact) mass is 422 g/mol. The minimum Gasteiger partial charge on any atom is -0.384 e. The number of fused-ring (bicyclic) bond motifs is 1. The minimum atomic E-state index is -0.538. The molecule has 5 nitrogen and oxygen atoms in total. The lowest BCUT2D eigenvalue weighted by Gasteiger charge is -2.20. The first-order valence-corrected chi connectivity index (χ1v) is 10.8. The Kier molecular flexibility index (Phi) is 4.56. The number of aryl methyl sites for hydroxylation is 2. The fourth-order valence-corrected chi connectivity index (χ4v) is 6.22. The zero-order valence-electron chi connectivity index (χ0n) is 15.0. The van der Waals surface area contributed by atoms with Crippen LogP contribution in [0.2, 0.25) is 0 Å². The van der Waals surface area contributed by atoms with Crippen LogP contribution in [-0.2, 0) is 0 Å². The minimum absolute atomic E-state index is 0.107. The van der Waals surface area contributed by atoms with Crippen LogP contribution in [0.15, 0.2) is 34.6 Å². The third kappa shape index (κ3) is 2.83. The SMILES string of the molecule is Cc1ccc(/C=c2/sc3n(c2=O)C(N)=C(C#N)C(c2ccc(C)s2)C=3C#N)s1. The Morgan fingerprint density at radius 1 is 1.04 bits per heavy atom. The van der Waals surface area contributed by atoms with E-state index in [2.05, 4.69) is 12.1 Å². The summed E-state index contributed by atoms with van der Waals surface area (Å²) in [4.78, 5) is 17.1. The van der Waals surface area contributed by atoms with Crippen molar-refractivity contribution in [3.63, 3.8) is 0 Å². The van der Waals surface area contributed by atoms with Gasteiger partial charge in [0.1, 0.15) is 10.5 Å². The number of nitrogens with zero attached hydrogens (tertiary/aromatic N) is 3. The van der Waals surface area contributed by atoms with Crippen LogP contribution < -0.4 is 20.5 Å². The molecule has 0 aromatic carbocycles. The largest absolute Gasteiger partial charge is 0.384 e. The molecule has 0 amide bonds. The summed E-state index contributed by atoms with van der Waals surface area (Å²) in [5.74, 6) is -0.431. The number of hydrogen-bond donors (Lipinski definition) is 1. The molecule has 2 N–H and O–H groups in total. The highest BCUT2D eigenvalue weighted by Gasteiger charge is 2.32. The number of aromatic nitrogens is 1. The van der Waals surface area contributed by atoms with E-state index in [-0.39, 0.29) is 17.0 Å². The number of hydrogen-bond acceptors (Lipinski definition) is 7. The second-order valence-electron chi connectivity index (χ2n) is 6.32. The number of allylic oxidation sites excluding steroid dienone is 1. The predicted octanol–water partition coefficient (Wildman–Crippen LogP) is 2.60. The first kappa shape index (κ1) is 18.5. The first-order valence-electron chi connectivity index (χ1n) is 8.35. The molecule has 1 aliphatic rings. The van der Waals surface area contributed by atoms with Gasteiger partial charge in [-0.3, -0.25) is 9.36 Å². The molecule has 4 rings (SSSR count).